The van der Waals surface area contributed by atoms with E-state index in [1.54, 1.807) is 13.8 Å². The van der Waals surface area contributed by atoms with Crippen molar-refractivity contribution in [2.24, 2.45) is 0 Å². The standard InChI is InChI=1S/C18H24N2O2/c1-14-12-19-17(21)9-11-20(14)13-16-6-4-15(5-7-16)8-10-18(2,3)22/h4-7,14,22H,9,11-13H2,1-3H3,(H,19,21)/t14-/m1/s1. The van der Waals surface area contributed by atoms with Crippen LogP contribution in [0, 0.1) is 11.8 Å². The van der Waals surface area contributed by atoms with Crippen molar-refractivity contribution in [1.82, 2.24) is 10.2 Å². The molecule has 1 amide bonds. The predicted molar refractivity (Wildman–Crippen MR) is 87.1 cm³/mol. The van der Waals surface area contributed by atoms with E-state index in [1.807, 2.05) is 12.1 Å². The molecule has 4 heteroatoms. The molecule has 0 unspecified atom stereocenters. The number of hydrogen-bond donors (Lipinski definition) is 2. The van der Waals surface area contributed by atoms with Gasteiger partial charge in [-0.05, 0) is 38.5 Å². The third-order valence-electron chi connectivity index (χ3n) is 3.70. The first-order chi connectivity index (χ1) is 10.3. The number of carbonyl (C=O) groups excluding carboxylic acids is 1. The van der Waals surface area contributed by atoms with E-state index >= 15 is 0 Å². The highest BCUT2D eigenvalue weighted by atomic mass is 16.3. The van der Waals surface area contributed by atoms with E-state index in [0.717, 1.165) is 18.7 Å². The Morgan fingerprint density at radius 3 is 2.68 bits per heavy atom. The van der Waals surface area contributed by atoms with Crippen LogP contribution in [0.5, 0.6) is 0 Å². The maximum absolute atomic E-state index is 11.5. The van der Waals surface area contributed by atoms with E-state index in [2.05, 4.69) is 41.1 Å². The fourth-order valence-electron chi connectivity index (χ4n) is 2.33. The molecule has 0 radical (unpaired) electrons. The molecule has 1 aliphatic rings. The number of nitrogens with one attached hydrogen (secondary N) is 1. The zero-order valence-corrected chi connectivity index (χ0v) is 13.5. The summed E-state index contributed by atoms with van der Waals surface area (Å²) in [5, 5.41) is 12.5. The van der Waals surface area contributed by atoms with Crippen molar-refractivity contribution >= 4 is 5.91 Å². The van der Waals surface area contributed by atoms with Gasteiger partial charge in [0.05, 0.1) is 0 Å². The second-order valence-electron chi connectivity index (χ2n) is 6.38. The van der Waals surface area contributed by atoms with Gasteiger partial charge in [0.15, 0.2) is 0 Å². The molecule has 0 spiro atoms. The highest BCUT2D eigenvalue weighted by molar-refractivity contribution is 5.76. The average molecular weight is 300 g/mol. The topological polar surface area (TPSA) is 52.6 Å². The molecule has 1 heterocycles. The molecule has 4 nitrogen and oxygen atoms in total. The van der Waals surface area contributed by atoms with E-state index in [0.29, 0.717) is 19.0 Å². The van der Waals surface area contributed by atoms with Crippen LogP contribution in [0.25, 0.3) is 0 Å². The molecule has 1 fully saturated rings. The van der Waals surface area contributed by atoms with E-state index in [4.69, 9.17) is 0 Å². The largest absolute Gasteiger partial charge is 0.378 e. The van der Waals surface area contributed by atoms with Crippen LogP contribution < -0.4 is 5.32 Å². The fraction of sp³-hybridized carbons (Fsp3) is 0.500. The Bertz CT molecular complexity index is 576. The Morgan fingerprint density at radius 1 is 1.36 bits per heavy atom. The Kier molecular flexibility index (Phi) is 5.23. The number of carbonyl (C=O) groups is 1. The summed E-state index contributed by atoms with van der Waals surface area (Å²) in [4.78, 5) is 13.8. The van der Waals surface area contributed by atoms with E-state index in [1.165, 1.54) is 5.56 Å². The molecule has 22 heavy (non-hydrogen) atoms. The maximum Gasteiger partial charge on any atom is 0.221 e. The molecular weight excluding hydrogens is 276 g/mol. The van der Waals surface area contributed by atoms with E-state index in [9.17, 15) is 9.90 Å². The summed E-state index contributed by atoms with van der Waals surface area (Å²) in [6, 6.07) is 8.39. The van der Waals surface area contributed by atoms with Crippen LogP contribution in [-0.2, 0) is 11.3 Å². The second kappa shape index (κ2) is 6.95. The number of nitrogens with zero attached hydrogens (tertiary/aromatic N) is 1. The molecule has 2 N–H and O–H groups in total. The molecule has 1 atom stereocenters. The van der Waals surface area contributed by atoms with Crippen LogP contribution in [0.2, 0.25) is 0 Å². The van der Waals surface area contributed by atoms with Crippen LogP contribution in [0.4, 0.5) is 0 Å². The molecule has 0 saturated carbocycles. The molecule has 1 aromatic rings. The zero-order chi connectivity index (χ0) is 16.2. The first-order valence-electron chi connectivity index (χ1n) is 7.69. The average Bonchev–Trinajstić information content (AvgIpc) is 2.61. The van der Waals surface area contributed by atoms with Crippen LogP contribution in [0.1, 0.15) is 38.3 Å². The van der Waals surface area contributed by atoms with Gasteiger partial charge >= 0.3 is 0 Å². The second-order valence-corrected chi connectivity index (χ2v) is 6.38. The maximum atomic E-state index is 11.5. The quantitative estimate of drug-likeness (QED) is 0.814. The van der Waals surface area contributed by atoms with Crippen molar-refractivity contribution < 1.29 is 9.90 Å². The monoisotopic (exact) mass is 300 g/mol. The van der Waals surface area contributed by atoms with E-state index < -0.39 is 5.60 Å². The number of amides is 1. The SMILES string of the molecule is C[C@@H]1CNC(=O)CCN1Cc1ccc(C#CC(C)(C)O)cc1. The summed E-state index contributed by atoms with van der Waals surface area (Å²) in [6.07, 6.45) is 0.555. The van der Waals surface area contributed by atoms with Gasteiger partial charge in [0.1, 0.15) is 5.60 Å². The van der Waals surface area contributed by atoms with Gasteiger partial charge in [-0.3, -0.25) is 9.69 Å². The van der Waals surface area contributed by atoms with Crippen LogP contribution in [0.3, 0.4) is 0 Å². The third-order valence-corrected chi connectivity index (χ3v) is 3.70. The highest BCUT2D eigenvalue weighted by Crippen LogP contribution is 2.12. The van der Waals surface area contributed by atoms with Gasteiger partial charge in [0.2, 0.25) is 5.91 Å². The minimum absolute atomic E-state index is 0.131. The fourth-order valence-corrected chi connectivity index (χ4v) is 2.33. The molecule has 2 rings (SSSR count). The van der Waals surface area contributed by atoms with Crippen molar-refractivity contribution in [2.45, 2.75) is 45.4 Å². The van der Waals surface area contributed by atoms with Gasteiger partial charge < -0.3 is 10.4 Å². The number of rotatable bonds is 2. The summed E-state index contributed by atoms with van der Waals surface area (Å²) >= 11 is 0. The Morgan fingerprint density at radius 2 is 2.05 bits per heavy atom. The lowest BCUT2D eigenvalue weighted by molar-refractivity contribution is -0.120. The normalized spacial score (nSPS) is 19.8. The van der Waals surface area contributed by atoms with Gasteiger partial charge in [-0.1, -0.05) is 24.0 Å². The van der Waals surface area contributed by atoms with Gasteiger partial charge in [-0.15, -0.1) is 0 Å². The molecule has 0 aromatic heterocycles. The lowest BCUT2D eigenvalue weighted by atomic mass is 10.1. The molecule has 1 saturated heterocycles. The van der Waals surface area contributed by atoms with Crippen molar-refractivity contribution in [3.63, 3.8) is 0 Å². The smallest absolute Gasteiger partial charge is 0.221 e. The van der Waals surface area contributed by atoms with Crippen molar-refractivity contribution in [2.75, 3.05) is 13.1 Å². The lowest BCUT2D eigenvalue weighted by Gasteiger charge is -2.26. The molecule has 1 aromatic carbocycles. The first-order valence-corrected chi connectivity index (χ1v) is 7.69. The first kappa shape index (κ1) is 16.5. The summed E-state index contributed by atoms with van der Waals surface area (Å²) in [5.74, 6) is 5.91. The number of benzene rings is 1. The molecule has 0 bridgehead atoms. The van der Waals surface area contributed by atoms with Crippen molar-refractivity contribution in [3.8, 4) is 11.8 Å². The van der Waals surface area contributed by atoms with Crippen molar-refractivity contribution in [1.29, 1.82) is 0 Å². The molecule has 1 aliphatic heterocycles. The lowest BCUT2D eigenvalue weighted by Crippen LogP contribution is -2.37. The van der Waals surface area contributed by atoms with Gasteiger partial charge in [-0.2, -0.15) is 0 Å². The van der Waals surface area contributed by atoms with Gasteiger partial charge in [0.25, 0.3) is 0 Å². The molecular formula is C18H24N2O2. The summed E-state index contributed by atoms with van der Waals surface area (Å²) in [7, 11) is 0. The Hall–Kier alpha value is -1.83. The Balaban J connectivity index is 2.01. The third kappa shape index (κ3) is 5.18. The minimum Gasteiger partial charge on any atom is -0.378 e. The zero-order valence-electron chi connectivity index (χ0n) is 13.5. The van der Waals surface area contributed by atoms with Crippen LogP contribution in [-0.4, -0.2) is 40.6 Å². The highest BCUT2D eigenvalue weighted by Gasteiger charge is 2.19. The predicted octanol–water partition coefficient (Wildman–Crippen LogP) is 1.52. The number of hydrogen-bond acceptors (Lipinski definition) is 3. The van der Waals surface area contributed by atoms with Crippen molar-refractivity contribution in [3.05, 3.63) is 35.4 Å². The summed E-state index contributed by atoms with van der Waals surface area (Å²) in [5.41, 5.74) is 1.13. The summed E-state index contributed by atoms with van der Waals surface area (Å²) < 4.78 is 0. The molecule has 118 valence electrons. The van der Waals surface area contributed by atoms with E-state index in [-0.39, 0.29) is 5.91 Å². The number of aliphatic hydroxyl groups is 1. The minimum atomic E-state index is -0.973. The van der Waals surface area contributed by atoms with Crippen LogP contribution in [0.15, 0.2) is 24.3 Å². The van der Waals surface area contributed by atoms with Gasteiger partial charge in [-0.25, -0.2) is 0 Å². The van der Waals surface area contributed by atoms with Gasteiger partial charge in [0, 0.05) is 37.7 Å². The molecule has 0 aliphatic carbocycles. The van der Waals surface area contributed by atoms with Crippen LogP contribution >= 0.6 is 0 Å². The Labute approximate surface area is 132 Å². The summed E-state index contributed by atoms with van der Waals surface area (Å²) in [6.45, 7) is 7.79.